The summed E-state index contributed by atoms with van der Waals surface area (Å²) in [5.74, 6) is 3.46. The lowest BCUT2D eigenvalue weighted by atomic mass is 9.54. The lowest BCUT2D eigenvalue weighted by molar-refractivity contribution is -0.117. The monoisotopic (exact) mass is 252 g/mol. The summed E-state index contributed by atoms with van der Waals surface area (Å²) < 4.78 is 0. The highest BCUT2D eigenvalue weighted by molar-refractivity contribution is 7.80. The molecule has 17 heavy (non-hydrogen) atoms. The lowest BCUT2D eigenvalue weighted by Gasteiger charge is -2.54. The lowest BCUT2D eigenvalue weighted by Crippen LogP contribution is -2.57. The Bertz CT molecular complexity index is 327. The first kappa shape index (κ1) is 11.5. The number of hydrogen-bond donors (Lipinski definition) is 2. The van der Waals surface area contributed by atoms with Crippen molar-refractivity contribution in [1.29, 1.82) is 0 Å². The topological polar surface area (TPSA) is 41.1 Å². The number of amides is 1. The average Bonchev–Trinajstić information content (AvgIpc) is 2.21. The minimum atomic E-state index is -0.0775. The van der Waals surface area contributed by atoms with Gasteiger partial charge >= 0.3 is 0 Å². The predicted octanol–water partition coefficient (Wildman–Crippen LogP) is 1.82. The highest BCUT2D eigenvalue weighted by Crippen LogP contribution is 2.53. The zero-order valence-corrected chi connectivity index (χ0v) is 11.1. The third-order valence-electron chi connectivity index (χ3n) is 4.81. The van der Waals surface area contributed by atoms with Crippen LogP contribution in [-0.4, -0.2) is 17.1 Å². The van der Waals surface area contributed by atoms with E-state index in [4.69, 9.17) is 12.2 Å². The third kappa shape index (κ3) is 2.19. The van der Waals surface area contributed by atoms with Gasteiger partial charge in [-0.25, -0.2) is 0 Å². The van der Waals surface area contributed by atoms with Crippen LogP contribution in [0.15, 0.2) is 0 Å². The molecule has 94 valence electrons. The molecule has 3 nitrogen and oxygen atoms in total. The zero-order chi connectivity index (χ0) is 12.0. The van der Waals surface area contributed by atoms with Gasteiger partial charge in [-0.2, -0.15) is 0 Å². The summed E-state index contributed by atoms with van der Waals surface area (Å²) in [5.41, 5.74) is 0. The molecule has 2 N–H and O–H groups in total. The molecular formula is C13H20N2OS. The van der Waals surface area contributed by atoms with Gasteiger partial charge in [0.2, 0.25) is 5.91 Å². The van der Waals surface area contributed by atoms with Gasteiger partial charge in [0.15, 0.2) is 5.11 Å². The first-order valence-electron chi connectivity index (χ1n) is 6.70. The van der Waals surface area contributed by atoms with Crippen molar-refractivity contribution in [3.8, 4) is 0 Å². The zero-order valence-electron chi connectivity index (χ0n) is 10.2. The van der Waals surface area contributed by atoms with Crippen LogP contribution in [0.5, 0.6) is 0 Å². The molecule has 4 heteroatoms. The first-order valence-corrected chi connectivity index (χ1v) is 7.10. The van der Waals surface area contributed by atoms with Crippen LogP contribution >= 0.6 is 12.2 Å². The SMILES string of the molecule is CC(=O)NC(=S)NC1C2CC3CC(C2)CC1C3. The fourth-order valence-corrected chi connectivity index (χ4v) is 4.79. The number of rotatable bonds is 1. The van der Waals surface area contributed by atoms with Gasteiger partial charge in [-0.15, -0.1) is 0 Å². The van der Waals surface area contributed by atoms with Crippen LogP contribution in [0.1, 0.15) is 39.0 Å². The first-order chi connectivity index (χ1) is 8.11. The maximum Gasteiger partial charge on any atom is 0.222 e. The minimum Gasteiger partial charge on any atom is -0.359 e. The van der Waals surface area contributed by atoms with Gasteiger partial charge < -0.3 is 10.6 Å². The second kappa shape index (κ2) is 4.23. The number of hydrogen-bond acceptors (Lipinski definition) is 2. The summed E-state index contributed by atoms with van der Waals surface area (Å²) >= 11 is 5.19. The van der Waals surface area contributed by atoms with E-state index in [1.165, 1.54) is 39.0 Å². The van der Waals surface area contributed by atoms with E-state index in [0.29, 0.717) is 11.2 Å². The number of thiocarbonyl (C=S) groups is 1. The van der Waals surface area contributed by atoms with Crippen molar-refractivity contribution >= 4 is 23.2 Å². The molecule has 0 saturated heterocycles. The predicted molar refractivity (Wildman–Crippen MR) is 70.4 cm³/mol. The minimum absolute atomic E-state index is 0.0775. The molecule has 4 bridgehead atoms. The van der Waals surface area contributed by atoms with Crippen LogP contribution in [0, 0.1) is 23.7 Å². The smallest absolute Gasteiger partial charge is 0.222 e. The second-order valence-corrected chi connectivity index (χ2v) is 6.52. The van der Waals surface area contributed by atoms with Crippen molar-refractivity contribution in [1.82, 2.24) is 10.6 Å². The van der Waals surface area contributed by atoms with Crippen LogP contribution in [0.25, 0.3) is 0 Å². The van der Waals surface area contributed by atoms with E-state index in [0.717, 1.165) is 23.7 Å². The molecule has 0 atom stereocenters. The third-order valence-corrected chi connectivity index (χ3v) is 5.03. The Morgan fingerprint density at radius 1 is 1.06 bits per heavy atom. The molecule has 0 radical (unpaired) electrons. The van der Waals surface area contributed by atoms with Crippen molar-refractivity contribution in [3.63, 3.8) is 0 Å². The molecule has 4 aliphatic carbocycles. The molecule has 0 spiro atoms. The van der Waals surface area contributed by atoms with E-state index in [1.807, 2.05) is 0 Å². The second-order valence-electron chi connectivity index (χ2n) is 6.11. The molecule has 0 heterocycles. The average molecular weight is 252 g/mol. The Hall–Kier alpha value is -0.640. The molecule has 4 aliphatic rings. The van der Waals surface area contributed by atoms with Crippen LogP contribution in [0.4, 0.5) is 0 Å². The molecular weight excluding hydrogens is 232 g/mol. The van der Waals surface area contributed by atoms with Gasteiger partial charge in [0.05, 0.1) is 0 Å². The number of carbonyl (C=O) groups is 1. The Balaban J connectivity index is 1.64. The molecule has 0 aromatic carbocycles. The van der Waals surface area contributed by atoms with Crippen molar-refractivity contribution < 1.29 is 4.79 Å². The van der Waals surface area contributed by atoms with Crippen molar-refractivity contribution in [2.24, 2.45) is 23.7 Å². The Labute approximate surface area is 108 Å². The van der Waals surface area contributed by atoms with Crippen molar-refractivity contribution in [2.45, 2.75) is 45.1 Å². The summed E-state index contributed by atoms with van der Waals surface area (Å²) in [4.78, 5) is 11.0. The summed E-state index contributed by atoms with van der Waals surface area (Å²) in [5, 5.41) is 6.60. The summed E-state index contributed by atoms with van der Waals surface area (Å²) in [6.45, 7) is 1.50. The van der Waals surface area contributed by atoms with Crippen LogP contribution in [-0.2, 0) is 4.79 Å². The highest BCUT2D eigenvalue weighted by Gasteiger charge is 2.48. The molecule has 0 unspecified atom stereocenters. The fraction of sp³-hybridized carbons (Fsp3) is 0.846. The Morgan fingerprint density at radius 3 is 2.06 bits per heavy atom. The van der Waals surface area contributed by atoms with Crippen LogP contribution < -0.4 is 10.6 Å². The van der Waals surface area contributed by atoms with E-state index < -0.39 is 0 Å². The molecule has 1 amide bonds. The summed E-state index contributed by atoms with van der Waals surface area (Å²) in [7, 11) is 0. The van der Waals surface area contributed by atoms with Gasteiger partial charge in [0.25, 0.3) is 0 Å². The van der Waals surface area contributed by atoms with Gasteiger partial charge in [-0.3, -0.25) is 4.79 Å². The standard InChI is InChI=1S/C13H20N2OS/c1-7(16)14-13(17)15-12-10-3-8-2-9(5-10)6-11(12)4-8/h8-12H,2-6H2,1H3,(H2,14,15,16,17). The Kier molecular flexibility index (Phi) is 2.85. The van der Waals surface area contributed by atoms with E-state index in [9.17, 15) is 4.79 Å². The van der Waals surface area contributed by atoms with Crippen molar-refractivity contribution in [3.05, 3.63) is 0 Å². The van der Waals surface area contributed by atoms with E-state index in [2.05, 4.69) is 10.6 Å². The fourth-order valence-electron chi connectivity index (χ4n) is 4.51. The van der Waals surface area contributed by atoms with Gasteiger partial charge in [0.1, 0.15) is 0 Å². The number of carbonyl (C=O) groups excluding carboxylic acids is 1. The Morgan fingerprint density at radius 2 is 1.59 bits per heavy atom. The molecule has 4 saturated carbocycles. The molecule has 0 aromatic heterocycles. The summed E-state index contributed by atoms with van der Waals surface area (Å²) in [6, 6.07) is 0.516. The molecule has 0 aliphatic heterocycles. The number of nitrogens with one attached hydrogen (secondary N) is 2. The molecule has 0 aromatic rings. The normalized spacial score (nSPS) is 42.3. The highest BCUT2D eigenvalue weighted by atomic mass is 32.1. The largest absolute Gasteiger partial charge is 0.359 e. The van der Waals surface area contributed by atoms with Gasteiger partial charge in [-0.1, -0.05) is 0 Å². The molecule has 4 fully saturated rings. The maximum absolute atomic E-state index is 11.0. The van der Waals surface area contributed by atoms with Gasteiger partial charge in [0, 0.05) is 13.0 Å². The quantitative estimate of drug-likeness (QED) is 0.700. The van der Waals surface area contributed by atoms with E-state index >= 15 is 0 Å². The van der Waals surface area contributed by atoms with E-state index in [-0.39, 0.29) is 5.91 Å². The molecule has 4 rings (SSSR count). The van der Waals surface area contributed by atoms with E-state index in [1.54, 1.807) is 0 Å². The van der Waals surface area contributed by atoms with Crippen molar-refractivity contribution in [2.75, 3.05) is 0 Å². The van der Waals surface area contributed by atoms with Crippen LogP contribution in [0.2, 0.25) is 0 Å². The summed E-state index contributed by atoms with van der Waals surface area (Å²) in [6.07, 6.45) is 6.94. The maximum atomic E-state index is 11.0. The van der Waals surface area contributed by atoms with Gasteiger partial charge in [-0.05, 0) is 68.0 Å². The van der Waals surface area contributed by atoms with Crippen LogP contribution in [0.3, 0.4) is 0 Å².